The number of nitrogens with zero attached hydrogens (tertiary/aromatic N) is 1. The van der Waals surface area contributed by atoms with Crippen molar-refractivity contribution in [2.24, 2.45) is 0 Å². The summed E-state index contributed by atoms with van der Waals surface area (Å²) in [5.41, 5.74) is 0.895. The predicted molar refractivity (Wildman–Crippen MR) is 91.8 cm³/mol. The molecule has 23 heavy (non-hydrogen) atoms. The SMILES string of the molecule is CCCS(=O)(=O)N1CCCC1C(=O)NC(C)c1cccc(Cl)c1. The van der Waals surface area contributed by atoms with Crippen LogP contribution in [0.2, 0.25) is 5.02 Å². The van der Waals surface area contributed by atoms with Crippen LogP contribution < -0.4 is 5.32 Å². The van der Waals surface area contributed by atoms with E-state index in [-0.39, 0.29) is 17.7 Å². The first-order chi connectivity index (χ1) is 10.8. The van der Waals surface area contributed by atoms with Crippen LogP contribution in [0.1, 0.15) is 44.7 Å². The second-order valence-corrected chi connectivity index (χ2v) is 8.35. The number of carbonyl (C=O) groups excluding carboxylic acids is 1. The first-order valence-corrected chi connectivity index (χ1v) is 9.89. The highest BCUT2D eigenvalue weighted by atomic mass is 35.5. The molecule has 2 unspecified atom stereocenters. The van der Waals surface area contributed by atoms with Crippen molar-refractivity contribution in [1.82, 2.24) is 9.62 Å². The highest BCUT2D eigenvalue weighted by molar-refractivity contribution is 7.89. The largest absolute Gasteiger partial charge is 0.348 e. The lowest BCUT2D eigenvalue weighted by molar-refractivity contribution is -0.124. The van der Waals surface area contributed by atoms with Crippen LogP contribution in [0.4, 0.5) is 0 Å². The van der Waals surface area contributed by atoms with Crippen molar-refractivity contribution in [3.8, 4) is 0 Å². The number of hydrogen-bond donors (Lipinski definition) is 1. The molecule has 0 bridgehead atoms. The van der Waals surface area contributed by atoms with Crippen molar-refractivity contribution in [2.75, 3.05) is 12.3 Å². The Morgan fingerprint density at radius 2 is 2.22 bits per heavy atom. The molecular formula is C16H23ClN2O3S. The zero-order valence-electron chi connectivity index (χ0n) is 13.5. The third kappa shape index (κ3) is 4.46. The third-order valence-electron chi connectivity index (χ3n) is 4.03. The van der Waals surface area contributed by atoms with Crippen molar-refractivity contribution in [2.45, 2.75) is 45.2 Å². The van der Waals surface area contributed by atoms with Crippen LogP contribution in [0.25, 0.3) is 0 Å². The van der Waals surface area contributed by atoms with Crippen LogP contribution in [-0.2, 0) is 14.8 Å². The van der Waals surface area contributed by atoms with E-state index in [9.17, 15) is 13.2 Å². The molecule has 1 aromatic rings. The summed E-state index contributed by atoms with van der Waals surface area (Å²) >= 11 is 5.97. The molecule has 1 aliphatic rings. The lowest BCUT2D eigenvalue weighted by Gasteiger charge is -2.25. The molecule has 1 aliphatic heterocycles. The van der Waals surface area contributed by atoms with Crippen molar-refractivity contribution in [3.05, 3.63) is 34.9 Å². The molecular weight excluding hydrogens is 336 g/mol. The van der Waals surface area contributed by atoms with Gasteiger partial charge in [-0.2, -0.15) is 4.31 Å². The van der Waals surface area contributed by atoms with E-state index in [1.165, 1.54) is 4.31 Å². The van der Waals surface area contributed by atoms with Crippen LogP contribution >= 0.6 is 11.6 Å². The van der Waals surface area contributed by atoms with Crippen LogP contribution in [0, 0.1) is 0 Å². The van der Waals surface area contributed by atoms with E-state index in [2.05, 4.69) is 5.32 Å². The predicted octanol–water partition coefficient (Wildman–Crippen LogP) is 2.72. The monoisotopic (exact) mass is 358 g/mol. The average molecular weight is 359 g/mol. The highest BCUT2D eigenvalue weighted by Crippen LogP contribution is 2.24. The summed E-state index contributed by atoms with van der Waals surface area (Å²) in [6.07, 6.45) is 1.83. The lowest BCUT2D eigenvalue weighted by Crippen LogP contribution is -2.47. The second kappa shape index (κ2) is 7.64. The maximum atomic E-state index is 12.5. The summed E-state index contributed by atoms with van der Waals surface area (Å²) in [5.74, 6) is -0.157. The molecule has 1 aromatic carbocycles. The first kappa shape index (κ1) is 18.2. The van der Waals surface area contributed by atoms with Gasteiger partial charge in [-0.05, 0) is 43.9 Å². The highest BCUT2D eigenvalue weighted by Gasteiger charge is 2.38. The van der Waals surface area contributed by atoms with Gasteiger partial charge in [-0.1, -0.05) is 30.7 Å². The Labute approximate surface area is 143 Å². The molecule has 0 saturated carbocycles. The van der Waals surface area contributed by atoms with Crippen LogP contribution in [0.5, 0.6) is 0 Å². The van der Waals surface area contributed by atoms with E-state index in [1.54, 1.807) is 12.1 Å². The molecule has 5 nitrogen and oxygen atoms in total. The molecule has 1 saturated heterocycles. The fourth-order valence-electron chi connectivity index (χ4n) is 2.88. The number of sulfonamides is 1. The standard InChI is InChI=1S/C16H23ClN2O3S/c1-3-10-23(21,22)19-9-5-8-15(19)16(20)18-12(2)13-6-4-7-14(17)11-13/h4,6-7,11-12,15H,3,5,8-10H2,1-2H3,(H,18,20). The molecule has 1 N–H and O–H groups in total. The van der Waals surface area contributed by atoms with E-state index in [4.69, 9.17) is 11.6 Å². The Morgan fingerprint density at radius 3 is 2.87 bits per heavy atom. The molecule has 1 heterocycles. The van der Waals surface area contributed by atoms with E-state index in [1.807, 2.05) is 26.0 Å². The van der Waals surface area contributed by atoms with Gasteiger partial charge in [-0.25, -0.2) is 8.42 Å². The number of nitrogens with one attached hydrogen (secondary N) is 1. The normalized spacial score (nSPS) is 20.4. The molecule has 0 aromatic heterocycles. The van der Waals surface area contributed by atoms with E-state index in [0.717, 1.165) is 5.56 Å². The zero-order valence-corrected chi connectivity index (χ0v) is 15.0. The smallest absolute Gasteiger partial charge is 0.238 e. The van der Waals surface area contributed by atoms with Gasteiger partial charge in [0.25, 0.3) is 0 Å². The minimum absolute atomic E-state index is 0.0840. The average Bonchev–Trinajstić information content (AvgIpc) is 2.97. The van der Waals surface area contributed by atoms with Crippen LogP contribution in [-0.4, -0.2) is 37.0 Å². The molecule has 128 valence electrons. The minimum atomic E-state index is -3.36. The summed E-state index contributed by atoms with van der Waals surface area (Å²) in [6, 6.07) is 6.46. The summed E-state index contributed by atoms with van der Waals surface area (Å²) in [6.45, 7) is 4.11. The summed E-state index contributed by atoms with van der Waals surface area (Å²) in [7, 11) is -3.36. The van der Waals surface area contributed by atoms with E-state index < -0.39 is 16.1 Å². The summed E-state index contributed by atoms with van der Waals surface area (Å²) in [5, 5.41) is 3.51. The van der Waals surface area contributed by atoms with Gasteiger partial charge in [0.05, 0.1) is 11.8 Å². The lowest BCUT2D eigenvalue weighted by atomic mass is 10.1. The number of rotatable bonds is 6. The number of benzene rings is 1. The molecule has 0 radical (unpaired) electrons. The Bertz CT molecular complexity index is 663. The number of carbonyl (C=O) groups is 1. The van der Waals surface area contributed by atoms with Gasteiger partial charge in [-0.3, -0.25) is 4.79 Å². The summed E-state index contributed by atoms with van der Waals surface area (Å²) in [4.78, 5) is 12.5. The molecule has 2 rings (SSSR count). The topological polar surface area (TPSA) is 66.5 Å². The van der Waals surface area contributed by atoms with Crippen molar-refractivity contribution in [3.63, 3.8) is 0 Å². The molecule has 1 amide bonds. The Morgan fingerprint density at radius 1 is 1.48 bits per heavy atom. The number of amides is 1. The third-order valence-corrected chi connectivity index (χ3v) is 6.34. The fraction of sp³-hybridized carbons (Fsp3) is 0.562. The van der Waals surface area contributed by atoms with Crippen molar-refractivity contribution >= 4 is 27.5 Å². The maximum Gasteiger partial charge on any atom is 0.238 e. The van der Waals surface area contributed by atoms with Gasteiger partial charge in [0.2, 0.25) is 15.9 Å². The quantitative estimate of drug-likeness (QED) is 0.850. The first-order valence-electron chi connectivity index (χ1n) is 7.90. The Hall–Kier alpha value is -1.11. The zero-order chi connectivity index (χ0) is 17.0. The molecule has 1 fully saturated rings. The minimum Gasteiger partial charge on any atom is -0.348 e. The second-order valence-electron chi connectivity index (χ2n) is 5.87. The van der Waals surface area contributed by atoms with Crippen molar-refractivity contribution < 1.29 is 13.2 Å². The van der Waals surface area contributed by atoms with E-state index in [0.29, 0.717) is 30.8 Å². The van der Waals surface area contributed by atoms with E-state index >= 15 is 0 Å². The van der Waals surface area contributed by atoms with Gasteiger partial charge in [0, 0.05) is 11.6 Å². The van der Waals surface area contributed by atoms with Gasteiger partial charge in [0.15, 0.2) is 0 Å². The Balaban J connectivity index is 2.07. The van der Waals surface area contributed by atoms with Crippen LogP contribution in [0.3, 0.4) is 0 Å². The number of halogens is 1. The summed E-state index contributed by atoms with van der Waals surface area (Å²) < 4.78 is 25.9. The van der Waals surface area contributed by atoms with Crippen molar-refractivity contribution in [1.29, 1.82) is 0 Å². The molecule has 0 aliphatic carbocycles. The van der Waals surface area contributed by atoms with Gasteiger partial charge < -0.3 is 5.32 Å². The van der Waals surface area contributed by atoms with Crippen LogP contribution in [0.15, 0.2) is 24.3 Å². The maximum absolute atomic E-state index is 12.5. The van der Waals surface area contributed by atoms with Gasteiger partial charge in [0.1, 0.15) is 6.04 Å². The molecule has 0 spiro atoms. The Kier molecular flexibility index (Phi) is 6.06. The number of hydrogen-bond acceptors (Lipinski definition) is 3. The molecule has 2 atom stereocenters. The molecule has 7 heteroatoms. The fourth-order valence-corrected chi connectivity index (χ4v) is 4.82. The van der Waals surface area contributed by atoms with Gasteiger partial charge >= 0.3 is 0 Å². The van der Waals surface area contributed by atoms with Gasteiger partial charge in [-0.15, -0.1) is 0 Å².